The molecule has 1 aromatic heterocycles. The minimum Gasteiger partial charge on any atom is -0.451 e. The average Bonchev–Trinajstić information content (AvgIpc) is 2.97. The van der Waals surface area contributed by atoms with Crippen molar-refractivity contribution in [2.45, 2.75) is 32.2 Å². The number of ether oxygens (including phenoxy) is 1. The average molecular weight is 378 g/mol. The Hall–Kier alpha value is -2.48. The zero-order chi connectivity index (χ0) is 18.8. The van der Waals surface area contributed by atoms with Gasteiger partial charge in [0, 0.05) is 16.6 Å². The molecular weight excluding hydrogens is 359 g/mol. The molecule has 1 aliphatic heterocycles. The van der Waals surface area contributed by atoms with Gasteiger partial charge in [0.05, 0.1) is 0 Å². The fourth-order valence-electron chi connectivity index (χ4n) is 3.25. The summed E-state index contributed by atoms with van der Waals surface area (Å²) >= 11 is 1.13. The molecular formula is C18H19FN2O4S. The van der Waals surface area contributed by atoms with Crippen molar-refractivity contribution in [2.24, 2.45) is 5.73 Å². The van der Waals surface area contributed by atoms with E-state index in [2.05, 4.69) is 0 Å². The molecule has 1 fully saturated rings. The molecule has 0 aliphatic carbocycles. The summed E-state index contributed by atoms with van der Waals surface area (Å²) in [7, 11) is 0. The van der Waals surface area contributed by atoms with E-state index in [0.717, 1.165) is 24.2 Å². The van der Waals surface area contributed by atoms with Crippen LogP contribution in [0.2, 0.25) is 0 Å². The van der Waals surface area contributed by atoms with E-state index >= 15 is 0 Å². The SMILES string of the molecule is Cc1c(C(=O)OCC(=O)N2CCCC[C@H]2C(N)=O)sc2cccc(F)c12. The van der Waals surface area contributed by atoms with Crippen LogP contribution in [0.25, 0.3) is 10.1 Å². The van der Waals surface area contributed by atoms with Gasteiger partial charge < -0.3 is 15.4 Å². The van der Waals surface area contributed by atoms with Gasteiger partial charge in [0.15, 0.2) is 6.61 Å². The highest BCUT2D eigenvalue weighted by molar-refractivity contribution is 7.21. The number of hydrogen-bond acceptors (Lipinski definition) is 5. The predicted molar refractivity (Wildman–Crippen MR) is 95.3 cm³/mol. The molecule has 8 heteroatoms. The van der Waals surface area contributed by atoms with Gasteiger partial charge in [-0.25, -0.2) is 9.18 Å². The van der Waals surface area contributed by atoms with Gasteiger partial charge in [0.25, 0.3) is 5.91 Å². The summed E-state index contributed by atoms with van der Waals surface area (Å²) in [6.45, 7) is 1.59. The third-order valence-electron chi connectivity index (χ3n) is 4.57. The Bertz CT molecular complexity index is 879. The molecule has 0 radical (unpaired) electrons. The third-order valence-corrected chi connectivity index (χ3v) is 5.80. The second-order valence-electron chi connectivity index (χ2n) is 6.25. The number of halogens is 1. The lowest BCUT2D eigenvalue weighted by molar-refractivity contribution is -0.143. The van der Waals surface area contributed by atoms with E-state index in [4.69, 9.17) is 10.5 Å². The van der Waals surface area contributed by atoms with Gasteiger partial charge in [-0.2, -0.15) is 0 Å². The molecule has 0 unspecified atom stereocenters. The van der Waals surface area contributed by atoms with Crippen LogP contribution in [0.4, 0.5) is 4.39 Å². The van der Waals surface area contributed by atoms with Gasteiger partial charge in [-0.3, -0.25) is 9.59 Å². The summed E-state index contributed by atoms with van der Waals surface area (Å²) < 4.78 is 19.7. The van der Waals surface area contributed by atoms with E-state index in [1.165, 1.54) is 11.0 Å². The number of thiophene rings is 1. The number of esters is 1. The van der Waals surface area contributed by atoms with Gasteiger partial charge in [0.1, 0.15) is 16.7 Å². The number of primary amides is 1. The molecule has 2 N–H and O–H groups in total. The molecule has 1 saturated heterocycles. The van der Waals surface area contributed by atoms with Crippen molar-refractivity contribution in [3.8, 4) is 0 Å². The number of carbonyl (C=O) groups is 3. The molecule has 0 saturated carbocycles. The van der Waals surface area contributed by atoms with E-state index in [1.807, 2.05) is 0 Å². The molecule has 2 aromatic rings. The summed E-state index contributed by atoms with van der Waals surface area (Å²) in [5, 5.41) is 0.389. The number of hydrogen-bond donors (Lipinski definition) is 1. The topological polar surface area (TPSA) is 89.7 Å². The lowest BCUT2D eigenvalue weighted by Gasteiger charge is -2.33. The number of amides is 2. The molecule has 1 aromatic carbocycles. The van der Waals surface area contributed by atoms with E-state index in [1.54, 1.807) is 19.1 Å². The molecule has 1 atom stereocenters. The van der Waals surface area contributed by atoms with Crippen molar-refractivity contribution < 1.29 is 23.5 Å². The summed E-state index contributed by atoms with van der Waals surface area (Å²) in [5.74, 6) is -2.08. The number of nitrogens with zero attached hydrogens (tertiary/aromatic N) is 1. The zero-order valence-corrected chi connectivity index (χ0v) is 15.1. The molecule has 0 spiro atoms. The van der Waals surface area contributed by atoms with Crippen molar-refractivity contribution in [2.75, 3.05) is 13.2 Å². The van der Waals surface area contributed by atoms with Crippen LogP contribution in [0, 0.1) is 12.7 Å². The van der Waals surface area contributed by atoms with Gasteiger partial charge in [0.2, 0.25) is 5.91 Å². The molecule has 3 rings (SSSR count). The number of carbonyl (C=O) groups excluding carboxylic acids is 3. The van der Waals surface area contributed by atoms with Crippen LogP contribution in [0.15, 0.2) is 18.2 Å². The van der Waals surface area contributed by atoms with Crippen LogP contribution in [-0.4, -0.2) is 41.9 Å². The van der Waals surface area contributed by atoms with Crippen molar-refractivity contribution in [1.29, 1.82) is 0 Å². The van der Waals surface area contributed by atoms with Crippen LogP contribution < -0.4 is 5.73 Å². The molecule has 2 amide bonds. The van der Waals surface area contributed by atoms with Crippen LogP contribution in [0.1, 0.15) is 34.5 Å². The monoisotopic (exact) mass is 378 g/mol. The van der Waals surface area contributed by atoms with Gasteiger partial charge in [-0.1, -0.05) is 6.07 Å². The lowest BCUT2D eigenvalue weighted by Crippen LogP contribution is -2.51. The van der Waals surface area contributed by atoms with Gasteiger partial charge in [-0.05, 0) is 43.9 Å². The van der Waals surface area contributed by atoms with Crippen molar-refractivity contribution in [3.05, 3.63) is 34.5 Å². The molecule has 26 heavy (non-hydrogen) atoms. The third kappa shape index (κ3) is 3.41. The van der Waals surface area contributed by atoms with Crippen molar-refractivity contribution >= 4 is 39.2 Å². The largest absolute Gasteiger partial charge is 0.451 e. The first-order valence-corrected chi connectivity index (χ1v) is 9.15. The molecule has 2 heterocycles. The predicted octanol–water partition coefficient (Wildman–Crippen LogP) is 2.37. The van der Waals surface area contributed by atoms with Crippen LogP contribution in [-0.2, 0) is 14.3 Å². The second-order valence-corrected chi connectivity index (χ2v) is 7.30. The van der Waals surface area contributed by atoms with Crippen molar-refractivity contribution in [3.63, 3.8) is 0 Å². The smallest absolute Gasteiger partial charge is 0.349 e. The lowest BCUT2D eigenvalue weighted by atomic mass is 10.0. The van der Waals surface area contributed by atoms with Crippen molar-refractivity contribution in [1.82, 2.24) is 4.90 Å². The summed E-state index contributed by atoms with van der Waals surface area (Å²) in [6.07, 6.45) is 2.12. The first-order chi connectivity index (χ1) is 12.4. The Balaban J connectivity index is 1.71. The van der Waals surface area contributed by atoms with E-state index in [9.17, 15) is 18.8 Å². The molecule has 1 aliphatic rings. The number of benzene rings is 1. The van der Waals surface area contributed by atoms with Crippen LogP contribution in [0.5, 0.6) is 0 Å². The van der Waals surface area contributed by atoms with E-state index in [0.29, 0.717) is 28.6 Å². The molecule has 6 nitrogen and oxygen atoms in total. The highest BCUT2D eigenvalue weighted by Crippen LogP contribution is 2.33. The maximum atomic E-state index is 13.9. The Kier molecular flexibility index (Phi) is 5.22. The minimum atomic E-state index is -0.677. The van der Waals surface area contributed by atoms with E-state index < -0.39 is 36.2 Å². The normalized spacial score (nSPS) is 17.3. The number of rotatable bonds is 4. The summed E-state index contributed by atoms with van der Waals surface area (Å²) in [6, 6.07) is 3.98. The first kappa shape index (κ1) is 18.3. The Morgan fingerprint density at radius 3 is 2.81 bits per heavy atom. The quantitative estimate of drug-likeness (QED) is 0.827. The standard InChI is InChI=1S/C18H19FN2O4S/c1-10-15-11(19)5-4-7-13(15)26-16(10)18(24)25-9-14(22)21-8-3-2-6-12(21)17(20)23/h4-5,7,12H,2-3,6,8-9H2,1H3,(H2,20,23)/t12-/m0/s1. The van der Waals surface area contributed by atoms with Gasteiger partial charge in [-0.15, -0.1) is 11.3 Å². The summed E-state index contributed by atoms with van der Waals surface area (Å²) in [5.41, 5.74) is 5.84. The number of piperidine rings is 1. The highest BCUT2D eigenvalue weighted by Gasteiger charge is 2.31. The Labute approximate surface area is 153 Å². The first-order valence-electron chi connectivity index (χ1n) is 8.33. The van der Waals surface area contributed by atoms with E-state index in [-0.39, 0.29) is 4.88 Å². The zero-order valence-electron chi connectivity index (χ0n) is 14.3. The van der Waals surface area contributed by atoms with Crippen LogP contribution in [0.3, 0.4) is 0 Å². The fourth-order valence-corrected chi connectivity index (χ4v) is 4.37. The highest BCUT2D eigenvalue weighted by atomic mass is 32.1. The summed E-state index contributed by atoms with van der Waals surface area (Å²) in [4.78, 5) is 37.8. The maximum absolute atomic E-state index is 13.9. The number of likely N-dealkylation sites (tertiary alicyclic amines) is 1. The molecule has 0 bridgehead atoms. The maximum Gasteiger partial charge on any atom is 0.349 e. The number of fused-ring (bicyclic) bond motifs is 1. The number of aryl methyl sites for hydroxylation is 1. The number of nitrogens with two attached hydrogens (primary N) is 1. The fraction of sp³-hybridized carbons (Fsp3) is 0.389. The minimum absolute atomic E-state index is 0.267. The van der Waals surface area contributed by atoms with Gasteiger partial charge >= 0.3 is 5.97 Å². The van der Waals surface area contributed by atoms with Crippen LogP contribution >= 0.6 is 11.3 Å². The Morgan fingerprint density at radius 2 is 2.12 bits per heavy atom. The Morgan fingerprint density at radius 1 is 1.35 bits per heavy atom. The molecule has 138 valence electrons. The second kappa shape index (κ2) is 7.41.